The minimum absolute atomic E-state index is 0.677. The average molecular weight is 870 g/mol. The fourth-order valence-electron chi connectivity index (χ4n) is 9.94. The van der Waals surface area contributed by atoms with E-state index in [1.807, 2.05) is 53.9 Å². The lowest BCUT2D eigenvalue weighted by atomic mass is 9.94. The molecule has 11 aromatic rings. The van der Waals surface area contributed by atoms with Crippen molar-refractivity contribution in [2.75, 3.05) is 9.80 Å². The van der Waals surface area contributed by atoms with E-state index >= 15 is 0 Å². The topological polar surface area (TPSA) is 29.9 Å². The maximum Gasteiger partial charge on any atom is 0.172 e. The molecule has 0 spiro atoms. The summed E-state index contributed by atoms with van der Waals surface area (Å²) >= 11 is 3.75. The fourth-order valence-corrected chi connectivity index (χ4v) is 12.6. The summed E-state index contributed by atoms with van der Waals surface area (Å²) in [4.78, 5) is 9.78. The number of benzene rings is 10. The minimum Gasteiger partial charge on any atom is -0.450 e. The molecule has 0 N–H and O–H groups in total. The number of nitrogens with zero attached hydrogens (tertiary/aromatic N) is 3. The molecule has 1 aromatic heterocycles. The fraction of sp³-hybridized carbons (Fsp3) is 0. The number of para-hydroxylation sites is 6. The number of rotatable bonds is 5. The highest BCUT2D eigenvalue weighted by Gasteiger charge is 2.34. The van der Waals surface area contributed by atoms with Crippen LogP contribution in [0.1, 0.15) is 0 Å². The summed E-state index contributed by atoms with van der Waals surface area (Å²) in [7, 11) is 0. The molecule has 5 nitrogen and oxygen atoms in total. The molecule has 3 aliphatic heterocycles. The molecule has 4 heterocycles. The van der Waals surface area contributed by atoms with Gasteiger partial charge in [0.1, 0.15) is 0 Å². The van der Waals surface area contributed by atoms with Crippen molar-refractivity contribution in [3.8, 4) is 39.8 Å². The van der Waals surface area contributed by atoms with Gasteiger partial charge in [0.15, 0.2) is 23.0 Å². The summed E-state index contributed by atoms with van der Waals surface area (Å²) in [5.41, 5.74) is 12.3. The van der Waals surface area contributed by atoms with Crippen LogP contribution >= 0.6 is 23.5 Å². The van der Waals surface area contributed by atoms with Gasteiger partial charge < -0.3 is 23.8 Å². The van der Waals surface area contributed by atoms with Crippen LogP contribution in [0.4, 0.5) is 34.1 Å². The summed E-state index contributed by atoms with van der Waals surface area (Å²) in [6, 6.07) is 76.2. The number of fused-ring (bicyclic) bond motifs is 7. The summed E-state index contributed by atoms with van der Waals surface area (Å²) in [5.74, 6) is 2.78. The highest BCUT2D eigenvalue weighted by Crippen LogP contribution is 2.62. The van der Waals surface area contributed by atoms with Crippen molar-refractivity contribution in [3.05, 3.63) is 212 Å². The molecule has 0 saturated heterocycles. The molecule has 0 aliphatic carbocycles. The molecule has 2 bridgehead atoms. The first-order chi connectivity index (χ1) is 32.2. The molecule has 306 valence electrons. The Balaban J connectivity index is 1.06. The lowest BCUT2D eigenvalue weighted by molar-refractivity contribution is 0.360. The van der Waals surface area contributed by atoms with Crippen LogP contribution in [0.3, 0.4) is 0 Å². The van der Waals surface area contributed by atoms with Crippen molar-refractivity contribution in [1.29, 1.82) is 0 Å². The third-order valence-electron chi connectivity index (χ3n) is 12.8. The van der Waals surface area contributed by atoms with E-state index in [1.165, 1.54) is 63.3 Å². The molecule has 0 atom stereocenters. The molecule has 0 saturated carbocycles. The molecule has 10 aromatic carbocycles. The van der Waals surface area contributed by atoms with E-state index in [4.69, 9.17) is 9.47 Å². The van der Waals surface area contributed by atoms with Crippen LogP contribution in [0.25, 0.3) is 49.4 Å². The second-order valence-electron chi connectivity index (χ2n) is 16.5. The quantitative estimate of drug-likeness (QED) is 0.171. The molecule has 3 aliphatic rings. The zero-order valence-electron chi connectivity index (χ0n) is 34.7. The Kier molecular flexibility index (Phi) is 8.08. The zero-order valence-corrected chi connectivity index (χ0v) is 36.3. The molecule has 7 heteroatoms. The van der Waals surface area contributed by atoms with Gasteiger partial charge in [0, 0.05) is 54.6 Å². The van der Waals surface area contributed by atoms with Gasteiger partial charge >= 0.3 is 0 Å². The Hall–Kier alpha value is -7.84. The van der Waals surface area contributed by atoms with Crippen molar-refractivity contribution in [2.24, 2.45) is 0 Å². The van der Waals surface area contributed by atoms with Gasteiger partial charge in [-0.3, -0.25) is 0 Å². The first kappa shape index (κ1) is 36.6. The lowest BCUT2D eigenvalue weighted by Crippen LogP contribution is -2.16. The monoisotopic (exact) mass is 869 g/mol. The molecule has 0 amide bonds. The number of hydrogen-bond acceptors (Lipinski definition) is 6. The Morgan fingerprint density at radius 1 is 0.400 bits per heavy atom. The highest BCUT2D eigenvalue weighted by molar-refractivity contribution is 8.05. The van der Waals surface area contributed by atoms with Crippen molar-refractivity contribution < 1.29 is 9.47 Å². The van der Waals surface area contributed by atoms with Crippen LogP contribution < -0.4 is 19.3 Å². The maximum atomic E-state index is 6.51. The Labute approximate surface area is 383 Å². The van der Waals surface area contributed by atoms with Crippen molar-refractivity contribution in [3.63, 3.8) is 0 Å². The third-order valence-corrected chi connectivity index (χ3v) is 15.5. The Morgan fingerprint density at radius 3 is 1.92 bits per heavy atom. The van der Waals surface area contributed by atoms with Gasteiger partial charge in [-0.25, -0.2) is 0 Å². The Morgan fingerprint density at radius 2 is 1.11 bits per heavy atom. The van der Waals surface area contributed by atoms with Crippen LogP contribution in [0, 0.1) is 0 Å². The van der Waals surface area contributed by atoms with Crippen LogP contribution in [-0.4, -0.2) is 4.57 Å². The first-order valence-electron chi connectivity index (χ1n) is 21.7. The lowest BCUT2D eigenvalue weighted by Gasteiger charge is -2.34. The number of ether oxygens (including phenoxy) is 2. The van der Waals surface area contributed by atoms with E-state index in [2.05, 4.69) is 196 Å². The number of anilines is 6. The van der Waals surface area contributed by atoms with Gasteiger partial charge in [0.25, 0.3) is 0 Å². The molecule has 0 fully saturated rings. The summed E-state index contributed by atoms with van der Waals surface area (Å²) in [6.45, 7) is 0. The minimum atomic E-state index is 0.677. The predicted octanol–water partition coefficient (Wildman–Crippen LogP) is 17.4. The molecular formula is C58H35N3O2S2. The van der Waals surface area contributed by atoms with Crippen LogP contribution in [0.15, 0.2) is 232 Å². The van der Waals surface area contributed by atoms with Gasteiger partial charge in [-0.1, -0.05) is 133 Å². The van der Waals surface area contributed by atoms with Gasteiger partial charge in [-0.2, -0.15) is 0 Å². The van der Waals surface area contributed by atoms with Gasteiger partial charge in [0.05, 0.1) is 43.6 Å². The van der Waals surface area contributed by atoms with E-state index < -0.39 is 0 Å². The number of aromatic nitrogens is 1. The molecule has 14 rings (SSSR count). The SMILES string of the molecule is c1ccc(N(c2ccc3c(c2)Oc2ccccc2O3)c2ccc3c4c2Sc2ccc5cccc(c5c2S4)-c2cc4c(cc2N3c2ccccc2)c2ccccc2n4-c2ccccc2)cc1. The van der Waals surface area contributed by atoms with Gasteiger partial charge in [0.2, 0.25) is 0 Å². The number of hydrogen-bond donors (Lipinski definition) is 0. The second-order valence-corrected chi connectivity index (χ2v) is 18.5. The first-order valence-corrected chi connectivity index (χ1v) is 23.4. The summed E-state index contributed by atoms with van der Waals surface area (Å²) in [5, 5.41) is 4.92. The standard InChI is InChI=1S/C58H35N3O2S2/c1-4-16-37(17-5-1)59(40-28-31-52-53(33-40)63-51-26-13-12-25-50(51)62-52)46-29-30-47-57-56(46)64-54-32-27-36-15-14-23-42(55(36)58(54)65-57)44-35-48-43(34-49(44)61(47)39-20-8-3-9-21-39)41-22-10-11-24-45(41)60(48)38-18-6-2-7-19-38/h1-35H. The Bertz CT molecular complexity index is 3740. The van der Waals surface area contributed by atoms with E-state index in [1.54, 1.807) is 0 Å². The molecule has 0 unspecified atom stereocenters. The van der Waals surface area contributed by atoms with Crippen molar-refractivity contribution in [2.45, 2.75) is 19.6 Å². The van der Waals surface area contributed by atoms with Crippen molar-refractivity contribution in [1.82, 2.24) is 4.57 Å². The predicted molar refractivity (Wildman–Crippen MR) is 268 cm³/mol. The van der Waals surface area contributed by atoms with Crippen LogP contribution in [0.5, 0.6) is 23.0 Å². The molecule has 0 radical (unpaired) electrons. The zero-order chi connectivity index (χ0) is 42.6. The second kappa shape index (κ2) is 14.3. The van der Waals surface area contributed by atoms with Gasteiger partial charge in [-0.05, 0) is 108 Å². The van der Waals surface area contributed by atoms with Crippen LogP contribution in [0.2, 0.25) is 0 Å². The van der Waals surface area contributed by atoms with E-state index in [9.17, 15) is 0 Å². The summed E-state index contributed by atoms with van der Waals surface area (Å²) in [6.07, 6.45) is 0. The van der Waals surface area contributed by atoms with E-state index in [0.717, 1.165) is 39.8 Å². The maximum absolute atomic E-state index is 6.51. The molecule has 65 heavy (non-hydrogen) atoms. The summed E-state index contributed by atoms with van der Waals surface area (Å²) < 4.78 is 15.3. The van der Waals surface area contributed by atoms with E-state index in [0.29, 0.717) is 23.0 Å². The smallest absolute Gasteiger partial charge is 0.172 e. The normalized spacial score (nSPS) is 13.0. The third kappa shape index (κ3) is 5.62. The highest BCUT2D eigenvalue weighted by atomic mass is 32.2. The van der Waals surface area contributed by atoms with Crippen molar-refractivity contribution >= 4 is 90.2 Å². The van der Waals surface area contributed by atoms with E-state index in [-0.39, 0.29) is 0 Å². The van der Waals surface area contributed by atoms with Gasteiger partial charge in [-0.15, -0.1) is 0 Å². The van der Waals surface area contributed by atoms with Crippen LogP contribution in [-0.2, 0) is 0 Å². The average Bonchev–Trinajstić information content (AvgIpc) is 3.71. The molecular weight excluding hydrogens is 835 g/mol. The largest absolute Gasteiger partial charge is 0.450 e.